The normalized spacial score (nSPS) is 22.2. The van der Waals surface area contributed by atoms with Gasteiger partial charge in [-0.25, -0.2) is 9.20 Å². The van der Waals surface area contributed by atoms with Crippen molar-refractivity contribution in [2.24, 2.45) is 4.99 Å². The number of hydrogen-bond donors (Lipinski definition) is 2. The predicted molar refractivity (Wildman–Crippen MR) is 97.8 cm³/mol. The first-order valence-corrected chi connectivity index (χ1v) is 9.72. The van der Waals surface area contributed by atoms with E-state index in [9.17, 15) is 4.21 Å². The van der Waals surface area contributed by atoms with Crippen LogP contribution in [0, 0.1) is 0 Å². The van der Waals surface area contributed by atoms with Crippen molar-refractivity contribution in [1.82, 2.24) is 5.32 Å². The molecule has 2 aliphatic rings. The fourth-order valence-corrected chi connectivity index (χ4v) is 4.19. The fourth-order valence-electron chi connectivity index (χ4n) is 3.08. The molecule has 124 valence electrons. The van der Waals surface area contributed by atoms with Crippen LogP contribution in [-0.2, 0) is 10.8 Å². The monoisotopic (exact) mass is 331 g/mol. The van der Waals surface area contributed by atoms with Crippen LogP contribution in [0.25, 0.3) is 0 Å². The van der Waals surface area contributed by atoms with E-state index in [0.29, 0.717) is 11.2 Å². The van der Waals surface area contributed by atoms with Gasteiger partial charge in [0.15, 0.2) is 5.17 Å². The van der Waals surface area contributed by atoms with Gasteiger partial charge >= 0.3 is 0 Å². The van der Waals surface area contributed by atoms with Crippen molar-refractivity contribution in [3.8, 4) is 0 Å². The molecule has 0 aromatic heterocycles. The van der Waals surface area contributed by atoms with Gasteiger partial charge in [0.05, 0.1) is 0 Å². The van der Waals surface area contributed by atoms with E-state index in [1.165, 1.54) is 38.5 Å². The first kappa shape index (κ1) is 16.2. The highest BCUT2D eigenvalue weighted by atomic mass is 32.2. The Balaban J connectivity index is 1.44. The Bertz CT molecular complexity index is 590. The third-order valence-electron chi connectivity index (χ3n) is 4.40. The molecule has 5 heteroatoms. The minimum atomic E-state index is -1.10. The van der Waals surface area contributed by atoms with Crippen LogP contribution >= 0.6 is 0 Å². The van der Waals surface area contributed by atoms with Gasteiger partial charge in [0.25, 0.3) is 0 Å². The van der Waals surface area contributed by atoms with Gasteiger partial charge in [-0.05, 0) is 25.0 Å². The summed E-state index contributed by atoms with van der Waals surface area (Å²) >= 11 is 0. The molecule has 1 unspecified atom stereocenters. The lowest BCUT2D eigenvalue weighted by atomic mass is 10.1. The quantitative estimate of drug-likeness (QED) is 0.808. The zero-order valence-electron chi connectivity index (χ0n) is 13.5. The molecule has 1 fully saturated rings. The zero-order chi connectivity index (χ0) is 15.9. The van der Waals surface area contributed by atoms with Crippen molar-refractivity contribution in [3.05, 3.63) is 41.4 Å². The van der Waals surface area contributed by atoms with Gasteiger partial charge in [0.1, 0.15) is 10.8 Å². The van der Waals surface area contributed by atoms with Crippen LogP contribution in [0.2, 0.25) is 0 Å². The van der Waals surface area contributed by atoms with Gasteiger partial charge in [0, 0.05) is 35.8 Å². The molecule has 1 aromatic carbocycles. The second-order valence-corrected chi connectivity index (χ2v) is 7.62. The van der Waals surface area contributed by atoms with Gasteiger partial charge in [-0.2, -0.15) is 0 Å². The van der Waals surface area contributed by atoms with Crippen molar-refractivity contribution < 1.29 is 4.21 Å². The molecule has 0 saturated heterocycles. The van der Waals surface area contributed by atoms with E-state index >= 15 is 0 Å². The van der Waals surface area contributed by atoms with Gasteiger partial charge in [-0.3, -0.25) is 0 Å². The number of hydrogen-bond acceptors (Lipinski definition) is 4. The molecule has 1 atom stereocenters. The zero-order valence-corrected chi connectivity index (χ0v) is 14.3. The lowest BCUT2D eigenvalue weighted by molar-refractivity contribution is 0.535. The first-order chi connectivity index (χ1) is 11.3. The SMILES string of the molecule is O=S1C(CCNc2ccccc2)=CN=C1NC1CCCCCC1. The van der Waals surface area contributed by atoms with Crippen LogP contribution < -0.4 is 10.6 Å². The molecule has 1 aliphatic carbocycles. The summed E-state index contributed by atoms with van der Waals surface area (Å²) in [5.41, 5.74) is 1.09. The molecule has 23 heavy (non-hydrogen) atoms. The van der Waals surface area contributed by atoms with Crippen molar-refractivity contribution in [1.29, 1.82) is 0 Å². The Morgan fingerprint density at radius 3 is 2.57 bits per heavy atom. The molecule has 0 amide bonds. The van der Waals surface area contributed by atoms with Crippen LogP contribution in [-0.4, -0.2) is 22.0 Å². The molecule has 4 nitrogen and oxygen atoms in total. The van der Waals surface area contributed by atoms with Crippen LogP contribution in [0.4, 0.5) is 5.69 Å². The maximum absolute atomic E-state index is 12.5. The topological polar surface area (TPSA) is 53.5 Å². The minimum Gasteiger partial charge on any atom is -0.385 e. The number of nitrogens with one attached hydrogen (secondary N) is 2. The Labute approximate surface area is 140 Å². The fraction of sp³-hybridized carbons (Fsp3) is 0.500. The summed E-state index contributed by atoms with van der Waals surface area (Å²) in [5, 5.41) is 7.43. The number of amidine groups is 1. The highest BCUT2D eigenvalue weighted by Crippen LogP contribution is 2.20. The largest absolute Gasteiger partial charge is 0.385 e. The summed E-state index contributed by atoms with van der Waals surface area (Å²) in [6, 6.07) is 10.5. The summed E-state index contributed by atoms with van der Waals surface area (Å²) < 4.78 is 12.5. The lowest BCUT2D eigenvalue weighted by Gasteiger charge is -2.17. The predicted octanol–water partition coefficient (Wildman–Crippen LogP) is 3.76. The molecular weight excluding hydrogens is 306 g/mol. The third kappa shape index (κ3) is 4.67. The highest BCUT2D eigenvalue weighted by molar-refractivity contribution is 8.04. The number of para-hydroxylation sites is 1. The summed E-state index contributed by atoms with van der Waals surface area (Å²) in [6.45, 7) is 0.772. The van der Waals surface area contributed by atoms with Crippen LogP contribution in [0.15, 0.2) is 46.4 Å². The summed E-state index contributed by atoms with van der Waals surface area (Å²) in [6.07, 6.45) is 10.0. The van der Waals surface area contributed by atoms with Gasteiger partial charge in [0.2, 0.25) is 0 Å². The van der Waals surface area contributed by atoms with Crippen molar-refractivity contribution >= 4 is 21.7 Å². The van der Waals surface area contributed by atoms with Crippen molar-refractivity contribution in [3.63, 3.8) is 0 Å². The van der Waals surface area contributed by atoms with E-state index < -0.39 is 10.8 Å². The first-order valence-electron chi connectivity index (χ1n) is 8.57. The van der Waals surface area contributed by atoms with E-state index in [4.69, 9.17) is 0 Å². The van der Waals surface area contributed by atoms with Crippen molar-refractivity contribution in [2.45, 2.75) is 51.0 Å². The average Bonchev–Trinajstić information content (AvgIpc) is 2.78. The number of benzene rings is 1. The molecule has 0 radical (unpaired) electrons. The van der Waals surface area contributed by atoms with Gasteiger partial charge < -0.3 is 10.6 Å². The molecule has 3 rings (SSSR count). The van der Waals surface area contributed by atoms with Crippen LogP contribution in [0.1, 0.15) is 44.9 Å². The molecule has 1 heterocycles. The molecule has 1 aromatic rings. The summed E-state index contributed by atoms with van der Waals surface area (Å²) in [7, 11) is -1.10. The smallest absolute Gasteiger partial charge is 0.197 e. The average molecular weight is 331 g/mol. The van der Waals surface area contributed by atoms with Gasteiger partial charge in [-0.15, -0.1) is 0 Å². The molecule has 0 spiro atoms. The van der Waals surface area contributed by atoms with E-state index in [0.717, 1.165) is 23.6 Å². The van der Waals surface area contributed by atoms with Gasteiger partial charge in [-0.1, -0.05) is 43.9 Å². The Morgan fingerprint density at radius 2 is 1.83 bits per heavy atom. The van der Waals surface area contributed by atoms with E-state index in [1.54, 1.807) is 6.20 Å². The molecular formula is C18H25N3OS. The maximum Gasteiger partial charge on any atom is 0.197 e. The van der Waals surface area contributed by atoms with E-state index in [2.05, 4.69) is 15.6 Å². The number of rotatable bonds is 5. The second kappa shape index (κ2) is 8.29. The van der Waals surface area contributed by atoms with E-state index in [-0.39, 0.29) is 0 Å². The standard InChI is InChI=1S/C18H25N3OS/c22-23-17(12-13-19-15-8-6-3-7-9-15)14-20-18(23)21-16-10-4-1-2-5-11-16/h3,6-9,14,16,19H,1-2,4-5,10-13H2,(H,20,21). The molecule has 1 aliphatic heterocycles. The third-order valence-corrected chi connectivity index (χ3v) is 5.76. The Morgan fingerprint density at radius 1 is 1.09 bits per heavy atom. The maximum atomic E-state index is 12.5. The Kier molecular flexibility index (Phi) is 5.86. The lowest BCUT2D eigenvalue weighted by Crippen LogP contribution is -2.36. The summed E-state index contributed by atoms with van der Waals surface area (Å²) in [5.74, 6) is 0. The highest BCUT2D eigenvalue weighted by Gasteiger charge is 2.23. The van der Waals surface area contributed by atoms with Crippen LogP contribution in [0.3, 0.4) is 0 Å². The van der Waals surface area contributed by atoms with Crippen molar-refractivity contribution in [2.75, 3.05) is 11.9 Å². The second-order valence-electron chi connectivity index (χ2n) is 6.17. The van der Waals surface area contributed by atoms with E-state index in [1.807, 2.05) is 30.3 Å². The minimum absolute atomic E-state index is 0.440. The number of anilines is 1. The Hall–Kier alpha value is -1.62. The van der Waals surface area contributed by atoms with Crippen LogP contribution in [0.5, 0.6) is 0 Å². The number of nitrogens with zero attached hydrogens (tertiary/aromatic N) is 1. The summed E-state index contributed by atoms with van der Waals surface area (Å²) in [4.78, 5) is 5.27. The molecule has 1 saturated carbocycles. The number of aliphatic imine (C=N–C) groups is 1. The molecule has 0 bridgehead atoms. The molecule has 2 N–H and O–H groups in total.